The minimum atomic E-state index is -0.560. The maximum absolute atomic E-state index is 12.2. The molecule has 2 aliphatic heterocycles. The Labute approximate surface area is 146 Å². The van der Waals surface area contributed by atoms with Crippen LogP contribution in [0, 0.1) is 17.2 Å². The Morgan fingerprint density at radius 1 is 1.28 bits per heavy atom. The first kappa shape index (κ1) is 17.7. The lowest BCUT2D eigenvalue weighted by Crippen LogP contribution is -2.45. The number of nitriles is 1. The van der Waals surface area contributed by atoms with Gasteiger partial charge in [0.2, 0.25) is 0 Å². The van der Waals surface area contributed by atoms with Crippen LogP contribution in [0.15, 0.2) is 9.59 Å². The average Bonchev–Trinajstić information content (AvgIpc) is 3.32. The van der Waals surface area contributed by atoms with E-state index in [1.165, 1.54) is 24.5 Å². The van der Waals surface area contributed by atoms with Gasteiger partial charge in [-0.25, -0.2) is 4.79 Å². The van der Waals surface area contributed by atoms with Crippen LogP contribution in [0.5, 0.6) is 0 Å². The second-order valence-corrected chi connectivity index (χ2v) is 6.86. The summed E-state index contributed by atoms with van der Waals surface area (Å²) in [6, 6.07) is 2.22. The van der Waals surface area contributed by atoms with Crippen LogP contribution in [-0.4, -0.2) is 52.9 Å². The number of rotatable bonds is 5. The summed E-state index contributed by atoms with van der Waals surface area (Å²) in [6.45, 7) is 4.22. The molecule has 0 aliphatic carbocycles. The Balaban J connectivity index is 1.87. The topological polar surface area (TPSA) is 92.3 Å². The van der Waals surface area contributed by atoms with Gasteiger partial charge >= 0.3 is 5.69 Å². The van der Waals surface area contributed by atoms with Crippen molar-refractivity contribution >= 4 is 5.82 Å². The third-order valence-corrected chi connectivity index (χ3v) is 5.37. The number of anilines is 1. The first-order valence-corrected chi connectivity index (χ1v) is 8.80. The molecule has 1 aromatic heterocycles. The third kappa shape index (κ3) is 3.34. The molecule has 0 amide bonds. The maximum atomic E-state index is 12.2. The fourth-order valence-corrected chi connectivity index (χ4v) is 3.88. The van der Waals surface area contributed by atoms with Crippen LogP contribution in [0.2, 0.25) is 0 Å². The highest BCUT2D eigenvalue weighted by Crippen LogP contribution is 2.25. The fraction of sp³-hybridized carbons (Fsp3) is 0.706. The molecule has 136 valence electrons. The van der Waals surface area contributed by atoms with Crippen molar-refractivity contribution in [3.05, 3.63) is 26.4 Å². The van der Waals surface area contributed by atoms with Crippen LogP contribution in [0.1, 0.15) is 24.8 Å². The predicted octanol–water partition coefficient (Wildman–Crippen LogP) is -0.132. The van der Waals surface area contributed by atoms with Gasteiger partial charge in [-0.05, 0) is 32.4 Å². The summed E-state index contributed by atoms with van der Waals surface area (Å²) in [5, 5.41) is 12.6. The number of nitrogens with zero attached hydrogens (tertiary/aromatic N) is 4. The Morgan fingerprint density at radius 2 is 2.00 bits per heavy atom. The second-order valence-electron chi connectivity index (χ2n) is 6.86. The average molecular weight is 347 g/mol. The van der Waals surface area contributed by atoms with E-state index in [1.807, 2.05) is 6.07 Å². The summed E-state index contributed by atoms with van der Waals surface area (Å²) in [5.41, 5.74) is -1.02. The van der Waals surface area contributed by atoms with Crippen molar-refractivity contribution in [2.45, 2.75) is 25.3 Å². The van der Waals surface area contributed by atoms with Crippen LogP contribution in [-0.2, 0) is 18.8 Å². The molecule has 0 aromatic carbocycles. The second kappa shape index (κ2) is 7.42. The Morgan fingerprint density at radius 3 is 2.60 bits per heavy atom. The molecular weight excluding hydrogens is 322 g/mol. The highest BCUT2D eigenvalue weighted by Gasteiger charge is 2.32. The summed E-state index contributed by atoms with van der Waals surface area (Å²) >= 11 is 0. The Bertz CT molecular complexity index is 763. The fourth-order valence-electron chi connectivity index (χ4n) is 3.88. The number of nitrogens with one attached hydrogen (secondary N) is 1. The smallest absolute Gasteiger partial charge is 0.332 e. The van der Waals surface area contributed by atoms with Gasteiger partial charge in [0, 0.05) is 39.2 Å². The first-order chi connectivity index (χ1) is 12.0. The molecule has 0 unspecified atom stereocenters. The van der Waals surface area contributed by atoms with Crippen LogP contribution in [0.4, 0.5) is 5.82 Å². The number of hydrogen-bond donors (Lipinski definition) is 1. The third-order valence-electron chi connectivity index (χ3n) is 5.37. The van der Waals surface area contributed by atoms with Crippen LogP contribution in [0.25, 0.3) is 0 Å². The van der Waals surface area contributed by atoms with E-state index in [9.17, 15) is 14.9 Å². The van der Waals surface area contributed by atoms with E-state index in [2.05, 4.69) is 10.2 Å². The molecule has 1 N–H and O–H groups in total. The van der Waals surface area contributed by atoms with E-state index in [-0.39, 0.29) is 11.6 Å². The van der Waals surface area contributed by atoms with Crippen molar-refractivity contribution in [1.82, 2.24) is 14.0 Å². The van der Waals surface area contributed by atoms with Crippen molar-refractivity contribution in [1.29, 1.82) is 5.26 Å². The molecule has 8 nitrogen and oxygen atoms in total. The molecule has 2 atom stereocenters. The SMILES string of the molecule is Cn1c(NC[C@H]([C@H]2CCOC2)N2CCCC2)c(C#N)c(=O)n(C)c1=O. The lowest BCUT2D eigenvalue weighted by molar-refractivity contribution is 0.141. The quantitative estimate of drug-likeness (QED) is 0.798. The zero-order chi connectivity index (χ0) is 18.0. The van der Waals surface area contributed by atoms with Gasteiger partial charge in [0.05, 0.1) is 6.61 Å². The zero-order valence-electron chi connectivity index (χ0n) is 14.8. The number of ether oxygens (including phenoxy) is 1. The van der Waals surface area contributed by atoms with Gasteiger partial charge in [0.25, 0.3) is 5.56 Å². The number of likely N-dealkylation sites (tertiary alicyclic amines) is 1. The van der Waals surface area contributed by atoms with Crippen LogP contribution in [0.3, 0.4) is 0 Å². The van der Waals surface area contributed by atoms with Gasteiger partial charge in [-0.1, -0.05) is 0 Å². The van der Waals surface area contributed by atoms with E-state index in [1.54, 1.807) is 7.05 Å². The van der Waals surface area contributed by atoms with Crippen LogP contribution < -0.4 is 16.6 Å². The van der Waals surface area contributed by atoms with Crippen molar-refractivity contribution in [2.75, 3.05) is 38.2 Å². The van der Waals surface area contributed by atoms with Gasteiger partial charge < -0.3 is 10.1 Å². The Hall–Kier alpha value is -2.11. The molecule has 0 radical (unpaired) electrons. The van der Waals surface area contributed by atoms with E-state index in [4.69, 9.17) is 4.74 Å². The van der Waals surface area contributed by atoms with Crippen molar-refractivity contribution < 1.29 is 4.74 Å². The standard InChI is InChI=1S/C17H25N5O3/c1-20-15(13(9-18)16(23)21(2)17(20)24)19-10-14(12-5-8-25-11-12)22-6-3-4-7-22/h12,14,19H,3-8,10-11H2,1-2H3/t12-,14+/m0/s1. The monoisotopic (exact) mass is 347 g/mol. The van der Waals surface area contributed by atoms with E-state index in [0.717, 1.165) is 37.3 Å². The molecule has 8 heteroatoms. The molecule has 1 aromatic rings. The van der Waals surface area contributed by atoms with Crippen molar-refractivity contribution in [3.8, 4) is 6.07 Å². The Kier molecular flexibility index (Phi) is 5.25. The van der Waals surface area contributed by atoms with Gasteiger partial charge in [0.1, 0.15) is 11.9 Å². The molecular formula is C17H25N5O3. The normalized spacial score (nSPS) is 22.0. The number of aromatic nitrogens is 2. The summed E-state index contributed by atoms with van der Waals surface area (Å²) in [7, 11) is 2.96. The van der Waals surface area contributed by atoms with Gasteiger partial charge in [0.15, 0.2) is 5.56 Å². The minimum Gasteiger partial charge on any atom is -0.381 e. The first-order valence-electron chi connectivity index (χ1n) is 8.80. The molecule has 2 aliphatic rings. The predicted molar refractivity (Wildman–Crippen MR) is 93.6 cm³/mol. The zero-order valence-corrected chi connectivity index (χ0v) is 14.8. The highest BCUT2D eigenvalue weighted by atomic mass is 16.5. The van der Waals surface area contributed by atoms with E-state index < -0.39 is 11.2 Å². The molecule has 3 heterocycles. The molecule has 0 bridgehead atoms. The summed E-state index contributed by atoms with van der Waals surface area (Å²) in [4.78, 5) is 26.8. The molecule has 0 saturated carbocycles. The summed E-state index contributed by atoms with van der Waals surface area (Å²) < 4.78 is 7.86. The molecule has 25 heavy (non-hydrogen) atoms. The number of hydrogen-bond acceptors (Lipinski definition) is 6. The van der Waals surface area contributed by atoms with Gasteiger partial charge in [-0.2, -0.15) is 5.26 Å². The molecule has 2 saturated heterocycles. The van der Waals surface area contributed by atoms with E-state index >= 15 is 0 Å². The summed E-state index contributed by atoms with van der Waals surface area (Å²) in [5.74, 6) is 0.735. The maximum Gasteiger partial charge on any atom is 0.332 e. The molecule has 3 rings (SSSR count). The van der Waals surface area contributed by atoms with Crippen molar-refractivity contribution in [3.63, 3.8) is 0 Å². The molecule has 2 fully saturated rings. The van der Waals surface area contributed by atoms with Gasteiger partial charge in [-0.15, -0.1) is 0 Å². The summed E-state index contributed by atoms with van der Waals surface area (Å²) in [6.07, 6.45) is 3.40. The largest absolute Gasteiger partial charge is 0.381 e. The lowest BCUT2D eigenvalue weighted by atomic mass is 9.97. The van der Waals surface area contributed by atoms with Gasteiger partial charge in [-0.3, -0.25) is 18.8 Å². The minimum absolute atomic E-state index is 0.0209. The van der Waals surface area contributed by atoms with Crippen LogP contribution >= 0.6 is 0 Å². The molecule has 0 spiro atoms. The van der Waals surface area contributed by atoms with E-state index in [0.29, 0.717) is 18.3 Å². The highest BCUT2D eigenvalue weighted by molar-refractivity contribution is 5.51. The van der Waals surface area contributed by atoms with Crippen molar-refractivity contribution in [2.24, 2.45) is 20.0 Å². The lowest BCUT2D eigenvalue weighted by Gasteiger charge is -2.32.